The number of hydrogen-bond acceptors (Lipinski definition) is 4. The summed E-state index contributed by atoms with van der Waals surface area (Å²) in [4.78, 5) is 0. The summed E-state index contributed by atoms with van der Waals surface area (Å²) in [7, 11) is 1.99. The molecule has 2 saturated heterocycles. The highest BCUT2D eigenvalue weighted by Crippen LogP contribution is 2.34. The first-order chi connectivity index (χ1) is 10.1. The Bertz CT molecular complexity index is 452. The van der Waals surface area contributed by atoms with Crippen LogP contribution in [0.1, 0.15) is 44.9 Å². The van der Waals surface area contributed by atoms with Crippen LogP contribution in [0.5, 0.6) is 0 Å². The van der Waals surface area contributed by atoms with Gasteiger partial charge in [-0.2, -0.15) is 5.10 Å². The summed E-state index contributed by atoms with van der Waals surface area (Å²) >= 11 is 0. The maximum Gasteiger partial charge on any atom is 0.103 e. The molecule has 0 saturated carbocycles. The van der Waals surface area contributed by atoms with Gasteiger partial charge in [0.15, 0.2) is 0 Å². The van der Waals surface area contributed by atoms with Crippen LogP contribution in [0.4, 0.5) is 0 Å². The minimum atomic E-state index is 0.180. The van der Waals surface area contributed by atoms with Crippen LogP contribution in [0.3, 0.4) is 0 Å². The van der Waals surface area contributed by atoms with Crippen molar-refractivity contribution in [3.05, 3.63) is 18.0 Å². The number of aryl methyl sites for hydroxylation is 1. The SMILES string of the molecule is CC1CC(NC[C@@H]2CCO[C@H]2c2ccnn2C)CC(C)O1. The fraction of sp³-hybridized carbons (Fsp3) is 0.812. The van der Waals surface area contributed by atoms with Gasteiger partial charge in [0.1, 0.15) is 6.10 Å². The molecule has 2 unspecified atom stereocenters. The molecule has 1 N–H and O–H groups in total. The molecule has 0 aromatic carbocycles. The second-order valence-electron chi connectivity index (χ2n) is 6.55. The smallest absolute Gasteiger partial charge is 0.103 e. The number of rotatable bonds is 4. The van der Waals surface area contributed by atoms with Crippen LogP contribution in [-0.2, 0) is 16.5 Å². The third-order valence-electron chi connectivity index (χ3n) is 4.73. The van der Waals surface area contributed by atoms with E-state index in [4.69, 9.17) is 9.47 Å². The van der Waals surface area contributed by atoms with Crippen LogP contribution >= 0.6 is 0 Å². The average Bonchev–Trinajstić information content (AvgIpc) is 3.03. The van der Waals surface area contributed by atoms with Crippen LogP contribution in [0.2, 0.25) is 0 Å². The number of nitrogens with zero attached hydrogens (tertiary/aromatic N) is 2. The molecule has 0 amide bonds. The normalized spacial score (nSPS) is 37.0. The molecule has 3 heterocycles. The van der Waals surface area contributed by atoms with E-state index in [2.05, 4.69) is 30.3 Å². The molecule has 2 aliphatic heterocycles. The number of nitrogens with one attached hydrogen (secondary N) is 1. The highest BCUT2D eigenvalue weighted by Gasteiger charge is 2.32. The summed E-state index contributed by atoms with van der Waals surface area (Å²) in [5.74, 6) is 0.536. The quantitative estimate of drug-likeness (QED) is 0.923. The Kier molecular flexibility index (Phi) is 4.62. The van der Waals surface area contributed by atoms with Gasteiger partial charge in [0, 0.05) is 38.4 Å². The lowest BCUT2D eigenvalue weighted by Gasteiger charge is -2.33. The highest BCUT2D eigenvalue weighted by atomic mass is 16.5. The molecule has 0 radical (unpaired) electrons. The van der Waals surface area contributed by atoms with Crippen molar-refractivity contribution in [3.63, 3.8) is 0 Å². The molecule has 5 heteroatoms. The average molecular weight is 293 g/mol. The summed E-state index contributed by atoms with van der Waals surface area (Å²) in [6.07, 6.45) is 6.08. The van der Waals surface area contributed by atoms with E-state index in [0.717, 1.165) is 32.4 Å². The van der Waals surface area contributed by atoms with Gasteiger partial charge >= 0.3 is 0 Å². The van der Waals surface area contributed by atoms with Crippen molar-refractivity contribution < 1.29 is 9.47 Å². The van der Waals surface area contributed by atoms with Gasteiger partial charge in [0.2, 0.25) is 0 Å². The summed E-state index contributed by atoms with van der Waals surface area (Å²) in [5, 5.41) is 8.01. The minimum absolute atomic E-state index is 0.180. The zero-order chi connectivity index (χ0) is 14.8. The molecule has 118 valence electrons. The Morgan fingerprint density at radius 1 is 1.33 bits per heavy atom. The molecule has 4 atom stereocenters. The number of hydrogen-bond donors (Lipinski definition) is 1. The second kappa shape index (κ2) is 6.46. The van der Waals surface area contributed by atoms with Crippen LogP contribution < -0.4 is 5.32 Å². The van der Waals surface area contributed by atoms with Crippen molar-refractivity contribution in [2.75, 3.05) is 13.2 Å². The van der Waals surface area contributed by atoms with Crippen LogP contribution in [0, 0.1) is 5.92 Å². The van der Waals surface area contributed by atoms with Crippen LogP contribution in [-0.4, -0.2) is 41.2 Å². The monoisotopic (exact) mass is 293 g/mol. The van der Waals surface area contributed by atoms with Gasteiger partial charge in [-0.25, -0.2) is 0 Å². The van der Waals surface area contributed by atoms with Gasteiger partial charge in [-0.1, -0.05) is 0 Å². The largest absolute Gasteiger partial charge is 0.375 e. The van der Waals surface area contributed by atoms with Crippen LogP contribution in [0.15, 0.2) is 12.3 Å². The zero-order valence-electron chi connectivity index (χ0n) is 13.3. The molecule has 2 aliphatic rings. The van der Waals surface area contributed by atoms with E-state index in [1.807, 2.05) is 17.9 Å². The van der Waals surface area contributed by atoms with E-state index in [1.54, 1.807) is 0 Å². The van der Waals surface area contributed by atoms with E-state index >= 15 is 0 Å². The Hall–Kier alpha value is -0.910. The lowest BCUT2D eigenvalue weighted by molar-refractivity contribution is -0.0428. The predicted molar refractivity (Wildman–Crippen MR) is 81.0 cm³/mol. The van der Waals surface area contributed by atoms with Gasteiger partial charge in [-0.15, -0.1) is 0 Å². The van der Waals surface area contributed by atoms with Gasteiger partial charge in [-0.05, 0) is 39.2 Å². The summed E-state index contributed by atoms with van der Waals surface area (Å²) in [6, 6.07) is 2.64. The molecule has 1 aromatic heterocycles. The lowest BCUT2D eigenvalue weighted by atomic mass is 9.96. The Labute approximate surface area is 127 Å². The van der Waals surface area contributed by atoms with Crippen molar-refractivity contribution >= 4 is 0 Å². The van der Waals surface area contributed by atoms with Gasteiger partial charge < -0.3 is 14.8 Å². The molecule has 21 heavy (non-hydrogen) atoms. The summed E-state index contributed by atoms with van der Waals surface area (Å²) in [6.45, 7) is 6.20. The fourth-order valence-electron chi connectivity index (χ4n) is 3.72. The highest BCUT2D eigenvalue weighted by molar-refractivity contribution is 5.07. The third-order valence-corrected chi connectivity index (χ3v) is 4.73. The fourth-order valence-corrected chi connectivity index (χ4v) is 3.72. The van der Waals surface area contributed by atoms with E-state index in [9.17, 15) is 0 Å². The zero-order valence-corrected chi connectivity index (χ0v) is 13.3. The van der Waals surface area contributed by atoms with Crippen molar-refractivity contribution in [1.82, 2.24) is 15.1 Å². The summed E-state index contributed by atoms with van der Waals surface area (Å²) < 4.78 is 13.7. The van der Waals surface area contributed by atoms with E-state index in [1.165, 1.54) is 5.69 Å². The topological polar surface area (TPSA) is 48.3 Å². The van der Waals surface area contributed by atoms with E-state index in [0.29, 0.717) is 24.2 Å². The number of ether oxygens (including phenoxy) is 2. The Morgan fingerprint density at radius 3 is 2.76 bits per heavy atom. The Morgan fingerprint density at radius 2 is 2.10 bits per heavy atom. The third kappa shape index (κ3) is 3.47. The number of aromatic nitrogens is 2. The van der Waals surface area contributed by atoms with Crippen molar-refractivity contribution in [2.24, 2.45) is 13.0 Å². The molecule has 0 spiro atoms. The first kappa shape index (κ1) is 15.0. The van der Waals surface area contributed by atoms with Crippen LogP contribution in [0.25, 0.3) is 0 Å². The molecular weight excluding hydrogens is 266 g/mol. The molecule has 2 fully saturated rings. The molecule has 5 nitrogen and oxygen atoms in total. The molecule has 1 aromatic rings. The van der Waals surface area contributed by atoms with E-state index in [-0.39, 0.29) is 6.10 Å². The standard InChI is InChI=1S/C16H27N3O2/c1-11-8-14(9-12(2)21-11)17-10-13-5-7-20-16(13)15-4-6-18-19(15)3/h4,6,11-14,16-17H,5,7-10H2,1-3H3/t11?,12?,13-,14?,16+/m0/s1. The Balaban J connectivity index is 1.56. The summed E-state index contributed by atoms with van der Waals surface area (Å²) in [5.41, 5.74) is 1.19. The van der Waals surface area contributed by atoms with Gasteiger partial charge in [0.05, 0.1) is 17.9 Å². The minimum Gasteiger partial charge on any atom is -0.375 e. The van der Waals surface area contributed by atoms with Crippen molar-refractivity contribution in [1.29, 1.82) is 0 Å². The molecular formula is C16H27N3O2. The second-order valence-corrected chi connectivity index (χ2v) is 6.55. The first-order valence-electron chi connectivity index (χ1n) is 8.12. The van der Waals surface area contributed by atoms with Gasteiger partial charge in [-0.3, -0.25) is 4.68 Å². The van der Waals surface area contributed by atoms with Crippen molar-refractivity contribution in [3.8, 4) is 0 Å². The maximum atomic E-state index is 5.95. The van der Waals surface area contributed by atoms with Gasteiger partial charge in [0.25, 0.3) is 0 Å². The predicted octanol–water partition coefficient (Wildman–Crippen LogP) is 2.04. The van der Waals surface area contributed by atoms with E-state index < -0.39 is 0 Å². The molecule has 0 aliphatic carbocycles. The molecule has 0 bridgehead atoms. The molecule has 3 rings (SSSR count). The first-order valence-corrected chi connectivity index (χ1v) is 8.12. The van der Waals surface area contributed by atoms with Crippen molar-refractivity contribution in [2.45, 2.75) is 57.5 Å². The lowest BCUT2D eigenvalue weighted by Crippen LogP contribution is -2.43. The maximum absolute atomic E-state index is 5.95.